The van der Waals surface area contributed by atoms with E-state index >= 15 is 0 Å². The molecule has 3 heterocycles. The number of furan rings is 1. The van der Waals surface area contributed by atoms with Crippen LogP contribution in [0.5, 0.6) is 11.5 Å². The highest BCUT2D eigenvalue weighted by Crippen LogP contribution is 2.31. The van der Waals surface area contributed by atoms with Crippen LogP contribution in [0.3, 0.4) is 0 Å². The van der Waals surface area contributed by atoms with Gasteiger partial charge in [-0.1, -0.05) is 11.3 Å². The van der Waals surface area contributed by atoms with E-state index in [4.69, 9.17) is 13.9 Å². The molecule has 0 saturated heterocycles. The van der Waals surface area contributed by atoms with Gasteiger partial charge in [0.1, 0.15) is 19.1 Å². The lowest BCUT2D eigenvalue weighted by molar-refractivity contribution is 0.355. The van der Waals surface area contributed by atoms with Gasteiger partial charge in [-0.25, -0.2) is 4.99 Å². The number of anilines is 1. The van der Waals surface area contributed by atoms with E-state index in [2.05, 4.69) is 4.99 Å². The van der Waals surface area contributed by atoms with Crippen LogP contribution in [-0.4, -0.2) is 25.5 Å². The zero-order valence-electron chi connectivity index (χ0n) is 14.3. The fraction of sp³-hybridized carbons (Fsp3) is 0.222. The Morgan fingerprint density at radius 2 is 2.08 bits per heavy atom. The highest BCUT2D eigenvalue weighted by atomic mass is 32.1. The zero-order valence-corrected chi connectivity index (χ0v) is 15.2. The highest BCUT2D eigenvalue weighted by Gasteiger charge is 2.17. The molecular weight excluding hydrogens is 354 g/mol. The molecule has 0 atom stereocenters. The lowest BCUT2D eigenvalue weighted by Gasteiger charge is -2.26. The number of thiazole rings is 1. The molecule has 0 bridgehead atoms. The molecule has 0 N–H and O–H groups in total. The van der Waals surface area contributed by atoms with Crippen molar-refractivity contribution < 1.29 is 13.9 Å². The van der Waals surface area contributed by atoms with Crippen LogP contribution in [-0.2, 0) is 6.67 Å². The first-order valence-electron chi connectivity index (χ1n) is 7.96. The van der Waals surface area contributed by atoms with E-state index in [0.29, 0.717) is 39.9 Å². The predicted octanol–water partition coefficient (Wildman–Crippen LogP) is 1.40. The fourth-order valence-electron chi connectivity index (χ4n) is 2.80. The normalized spacial score (nSPS) is 14.1. The molecule has 0 radical (unpaired) electrons. The number of fused-ring (bicyclic) bond motifs is 1. The minimum atomic E-state index is -0.0738. The van der Waals surface area contributed by atoms with Gasteiger partial charge in [-0.2, -0.15) is 0 Å². The monoisotopic (exact) mass is 371 g/mol. The summed E-state index contributed by atoms with van der Waals surface area (Å²) in [4.78, 5) is 20.0. The Balaban J connectivity index is 1.69. The van der Waals surface area contributed by atoms with Crippen molar-refractivity contribution in [2.75, 3.05) is 25.8 Å². The number of nitrogens with zero attached hydrogens (tertiary/aromatic N) is 3. The maximum atomic E-state index is 12.7. The molecule has 7 nitrogen and oxygen atoms in total. The summed E-state index contributed by atoms with van der Waals surface area (Å²) < 4.78 is 18.2. The molecule has 8 heteroatoms. The molecule has 1 aromatic carbocycles. The van der Waals surface area contributed by atoms with Gasteiger partial charge >= 0.3 is 0 Å². The van der Waals surface area contributed by atoms with Crippen molar-refractivity contribution in [1.29, 1.82) is 0 Å². The van der Waals surface area contributed by atoms with Gasteiger partial charge in [0.05, 0.1) is 25.0 Å². The smallest absolute Gasteiger partial charge is 0.271 e. The van der Waals surface area contributed by atoms with Crippen LogP contribution in [0.4, 0.5) is 5.69 Å². The molecule has 0 fully saturated rings. The predicted molar refractivity (Wildman–Crippen MR) is 98.5 cm³/mol. The van der Waals surface area contributed by atoms with Gasteiger partial charge in [-0.3, -0.25) is 9.36 Å². The minimum Gasteiger partial charge on any atom is -0.493 e. The quantitative estimate of drug-likeness (QED) is 0.694. The molecule has 2 aromatic heterocycles. The molecule has 1 aliphatic rings. The van der Waals surface area contributed by atoms with Gasteiger partial charge in [-0.05, 0) is 24.3 Å². The third-order valence-corrected chi connectivity index (χ3v) is 5.17. The first kappa shape index (κ1) is 16.5. The molecule has 4 rings (SSSR count). The van der Waals surface area contributed by atoms with E-state index in [9.17, 15) is 4.79 Å². The van der Waals surface area contributed by atoms with Gasteiger partial charge < -0.3 is 18.8 Å². The van der Waals surface area contributed by atoms with Crippen molar-refractivity contribution in [3.8, 4) is 11.5 Å². The van der Waals surface area contributed by atoms with Gasteiger partial charge in [0.2, 0.25) is 0 Å². The number of methoxy groups -OCH3 is 2. The Morgan fingerprint density at radius 1 is 1.23 bits per heavy atom. The summed E-state index contributed by atoms with van der Waals surface area (Å²) in [6.07, 6.45) is 3.33. The van der Waals surface area contributed by atoms with Crippen LogP contribution < -0.4 is 29.3 Å². The summed E-state index contributed by atoms with van der Waals surface area (Å²) >= 11 is 1.37. The van der Waals surface area contributed by atoms with Crippen molar-refractivity contribution in [3.63, 3.8) is 0 Å². The first-order chi connectivity index (χ1) is 12.7. The SMILES string of the molecule is COc1ccc(N2CN=c3s/c(=C\c4ccco4)c(=O)n3C2)cc1OC. The zero-order chi connectivity index (χ0) is 18.1. The summed E-state index contributed by atoms with van der Waals surface area (Å²) in [6, 6.07) is 9.26. The topological polar surface area (TPSA) is 69.2 Å². The number of rotatable bonds is 4. The molecule has 0 amide bonds. The van der Waals surface area contributed by atoms with Crippen LogP contribution in [0.15, 0.2) is 50.8 Å². The Morgan fingerprint density at radius 3 is 2.81 bits per heavy atom. The number of ether oxygens (including phenoxy) is 2. The lowest BCUT2D eigenvalue weighted by atomic mass is 10.2. The summed E-state index contributed by atoms with van der Waals surface area (Å²) in [5.74, 6) is 1.95. The van der Waals surface area contributed by atoms with Gasteiger partial charge in [0, 0.05) is 17.8 Å². The van der Waals surface area contributed by atoms with Crippen LogP contribution in [0, 0.1) is 0 Å². The van der Waals surface area contributed by atoms with Gasteiger partial charge in [0.15, 0.2) is 16.3 Å². The standard InChI is InChI=1S/C18H17N3O4S/c1-23-14-6-5-12(8-15(14)24-2)20-10-19-18-21(11-20)17(22)16(26-18)9-13-4-3-7-25-13/h3-9H,10-11H2,1-2H3/b16-9-. The van der Waals surface area contributed by atoms with E-state index in [0.717, 1.165) is 5.69 Å². The molecule has 1 aliphatic heterocycles. The van der Waals surface area contributed by atoms with Gasteiger partial charge in [-0.15, -0.1) is 0 Å². The molecular formula is C18H17N3O4S. The van der Waals surface area contributed by atoms with Crippen LogP contribution >= 0.6 is 11.3 Å². The van der Waals surface area contributed by atoms with Crippen molar-refractivity contribution in [2.45, 2.75) is 6.67 Å². The Labute approximate surface area is 153 Å². The van der Waals surface area contributed by atoms with Crippen molar-refractivity contribution >= 4 is 23.1 Å². The maximum Gasteiger partial charge on any atom is 0.271 e. The lowest BCUT2D eigenvalue weighted by Crippen LogP contribution is -2.42. The molecule has 26 heavy (non-hydrogen) atoms. The molecule has 0 saturated carbocycles. The summed E-state index contributed by atoms with van der Waals surface area (Å²) in [5, 5.41) is 0. The number of benzene rings is 1. The number of hydrogen-bond acceptors (Lipinski definition) is 7. The van der Waals surface area contributed by atoms with Crippen LogP contribution in [0.25, 0.3) is 6.08 Å². The van der Waals surface area contributed by atoms with E-state index in [1.54, 1.807) is 37.2 Å². The second-order valence-corrected chi connectivity index (χ2v) is 6.67. The van der Waals surface area contributed by atoms with E-state index in [1.165, 1.54) is 11.3 Å². The minimum absolute atomic E-state index is 0.0738. The number of hydrogen-bond donors (Lipinski definition) is 0. The molecule has 134 valence electrons. The van der Waals surface area contributed by atoms with Crippen molar-refractivity contribution in [2.24, 2.45) is 4.99 Å². The third-order valence-electron chi connectivity index (χ3n) is 4.13. The maximum absolute atomic E-state index is 12.7. The Hall–Kier alpha value is -3.00. The second kappa shape index (κ2) is 6.72. The largest absolute Gasteiger partial charge is 0.493 e. The second-order valence-electron chi connectivity index (χ2n) is 5.66. The summed E-state index contributed by atoms with van der Waals surface area (Å²) in [5.41, 5.74) is 0.835. The highest BCUT2D eigenvalue weighted by molar-refractivity contribution is 7.07. The average Bonchev–Trinajstić information content (AvgIpc) is 3.29. The Kier molecular flexibility index (Phi) is 4.26. The van der Waals surface area contributed by atoms with Crippen molar-refractivity contribution in [3.05, 3.63) is 62.0 Å². The van der Waals surface area contributed by atoms with Crippen LogP contribution in [0.2, 0.25) is 0 Å². The molecule has 3 aromatic rings. The molecule has 0 spiro atoms. The summed E-state index contributed by atoms with van der Waals surface area (Å²) in [6.45, 7) is 0.894. The Bertz CT molecular complexity index is 1100. The third kappa shape index (κ3) is 2.88. The molecule has 0 aliphatic carbocycles. The van der Waals surface area contributed by atoms with E-state index in [1.807, 2.05) is 29.2 Å². The summed E-state index contributed by atoms with van der Waals surface area (Å²) in [7, 11) is 3.20. The first-order valence-corrected chi connectivity index (χ1v) is 8.77. The number of aromatic nitrogens is 1. The van der Waals surface area contributed by atoms with Crippen LogP contribution in [0.1, 0.15) is 5.76 Å². The van der Waals surface area contributed by atoms with E-state index < -0.39 is 0 Å². The molecule has 0 unspecified atom stereocenters. The average molecular weight is 371 g/mol. The van der Waals surface area contributed by atoms with Gasteiger partial charge in [0.25, 0.3) is 5.56 Å². The fourth-order valence-corrected chi connectivity index (χ4v) is 3.74. The van der Waals surface area contributed by atoms with Crippen molar-refractivity contribution in [1.82, 2.24) is 4.57 Å². The van der Waals surface area contributed by atoms with E-state index in [-0.39, 0.29) is 5.56 Å².